The van der Waals surface area contributed by atoms with E-state index >= 15 is 0 Å². The molecule has 6 nitrogen and oxygen atoms in total. The van der Waals surface area contributed by atoms with E-state index in [1.54, 1.807) is 0 Å². The Morgan fingerprint density at radius 3 is 2.43 bits per heavy atom. The van der Waals surface area contributed by atoms with E-state index in [1.807, 2.05) is 18.3 Å². The Morgan fingerprint density at radius 1 is 1.03 bits per heavy atom. The van der Waals surface area contributed by atoms with Crippen LogP contribution in [0.15, 0.2) is 48.7 Å². The molecule has 0 aliphatic carbocycles. The van der Waals surface area contributed by atoms with Gasteiger partial charge >= 0.3 is 6.18 Å². The highest BCUT2D eigenvalue weighted by Crippen LogP contribution is 2.36. The SMILES string of the molecule is O=C(NC[C@H]1C[C@@H]2CCN1C[C@H]2CN1CCN(c2ccccn2)CC1)c1ccc(C(F)(F)F)cc1. The molecule has 1 N–H and O–H groups in total. The smallest absolute Gasteiger partial charge is 0.354 e. The van der Waals surface area contributed by atoms with E-state index in [9.17, 15) is 18.0 Å². The number of anilines is 1. The van der Waals surface area contributed by atoms with Crippen LogP contribution in [0.1, 0.15) is 28.8 Å². The van der Waals surface area contributed by atoms with Crippen LogP contribution in [0.2, 0.25) is 0 Å². The highest BCUT2D eigenvalue weighted by Gasteiger charge is 2.40. The number of rotatable bonds is 6. The molecular weight excluding hydrogens is 455 g/mol. The molecule has 1 unspecified atom stereocenters. The number of amides is 1. The molecule has 5 heterocycles. The maximum absolute atomic E-state index is 12.8. The number of piperidine rings is 3. The number of hydrogen-bond donors (Lipinski definition) is 1. The van der Waals surface area contributed by atoms with Crippen molar-refractivity contribution in [2.75, 3.05) is 57.3 Å². The van der Waals surface area contributed by atoms with E-state index in [1.165, 1.54) is 18.6 Å². The van der Waals surface area contributed by atoms with Gasteiger partial charge in [-0.1, -0.05) is 6.07 Å². The van der Waals surface area contributed by atoms with Crippen molar-refractivity contribution in [1.29, 1.82) is 0 Å². The van der Waals surface area contributed by atoms with Gasteiger partial charge in [0.05, 0.1) is 5.56 Å². The Balaban J connectivity index is 1.08. The molecule has 2 bridgehead atoms. The molecule has 1 amide bonds. The van der Waals surface area contributed by atoms with Gasteiger partial charge in [-0.25, -0.2) is 4.98 Å². The summed E-state index contributed by atoms with van der Waals surface area (Å²) in [6.45, 7) is 7.83. The molecule has 4 saturated heterocycles. The minimum absolute atomic E-state index is 0.261. The van der Waals surface area contributed by atoms with Crippen molar-refractivity contribution in [1.82, 2.24) is 20.1 Å². The number of hydrogen-bond acceptors (Lipinski definition) is 5. The van der Waals surface area contributed by atoms with Gasteiger partial charge in [-0.15, -0.1) is 0 Å². The molecule has 0 saturated carbocycles. The summed E-state index contributed by atoms with van der Waals surface area (Å²) in [7, 11) is 0. The van der Waals surface area contributed by atoms with Crippen molar-refractivity contribution in [2.24, 2.45) is 11.8 Å². The van der Waals surface area contributed by atoms with E-state index in [2.05, 4.69) is 31.1 Å². The summed E-state index contributed by atoms with van der Waals surface area (Å²) in [5.41, 5.74) is -0.481. The van der Waals surface area contributed by atoms with Crippen molar-refractivity contribution >= 4 is 11.7 Å². The molecule has 188 valence electrons. The second-order valence-corrected chi connectivity index (χ2v) is 9.95. The lowest BCUT2D eigenvalue weighted by Gasteiger charge is -2.51. The normalized spacial score (nSPS) is 27.1. The van der Waals surface area contributed by atoms with Crippen LogP contribution in [0.4, 0.5) is 19.0 Å². The number of fused-ring (bicyclic) bond motifs is 3. The molecule has 0 spiro atoms. The van der Waals surface area contributed by atoms with E-state index in [0.29, 0.717) is 24.4 Å². The quantitative estimate of drug-likeness (QED) is 0.677. The second kappa shape index (κ2) is 10.1. The number of carbonyl (C=O) groups excluding carboxylic acids is 1. The zero-order valence-corrected chi connectivity index (χ0v) is 19.8. The van der Waals surface area contributed by atoms with Gasteiger partial charge in [0.2, 0.25) is 0 Å². The predicted molar refractivity (Wildman–Crippen MR) is 128 cm³/mol. The minimum Gasteiger partial charge on any atom is -0.354 e. The Labute approximate surface area is 204 Å². The molecule has 2 aromatic rings. The molecule has 4 aliphatic heterocycles. The van der Waals surface area contributed by atoms with Crippen LogP contribution in [0.3, 0.4) is 0 Å². The fraction of sp³-hybridized carbons (Fsp3) is 0.538. The van der Waals surface area contributed by atoms with E-state index in [0.717, 1.165) is 70.2 Å². The Morgan fingerprint density at radius 2 is 1.80 bits per heavy atom. The van der Waals surface area contributed by atoms with Gasteiger partial charge in [0.25, 0.3) is 5.91 Å². The van der Waals surface area contributed by atoms with E-state index in [-0.39, 0.29) is 11.5 Å². The fourth-order valence-electron chi connectivity index (χ4n) is 5.82. The summed E-state index contributed by atoms with van der Waals surface area (Å²) in [6, 6.07) is 10.8. The molecule has 1 aromatic heterocycles. The largest absolute Gasteiger partial charge is 0.416 e. The van der Waals surface area contributed by atoms with Gasteiger partial charge in [-0.2, -0.15) is 13.2 Å². The Kier molecular flexibility index (Phi) is 6.98. The third-order valence-electron chi connectivity index (χ3n) is 7.82. The number of carbonyl (C=O) groups is 1. The summed E-state index contributed by atoms with van der Waals surface area (Å²) in [4.78, 5) is 24.4. The first-order valence-corrected chi connectivity index (χ1v) is 12.4. The molecule has 0 radical (unpaired) electrons. The lowest BCUT2D eigenvalue weighted by molar-refractivity contribution is -0.137. The first kappa shape index (κ1) is 24.1. The average molecular weight is 488 g/mol. The van der Waals surface area contributed by atoms with Crippen molar-refractivity contribution in [2.45, 2.75) is 25.1 Å². The van der Waals surface area contributed by atoms with Crippen LogP contribution in [0.25, 0.3) is 0 Å². The number of halogens is 3. The van der Waals surface area contributed by atoms with Gasteiger partial charge in [0.1, 0.15) is 5.82 Å². The van der Waals surface area contributed by atoms with E-state index < -0.39 is 11.7 Å². The molecular formula is C26H32F3N5O. The first-order chi connectivity index (χ1) is 16.9. The summed E-state index contributed by atoms with van der Waals surface area (Å²) in [5, 5.41) is 2.94. The second-order valence-electron chi connectivity index (χ2n) is 9.95. The lowest BCUT2D eigenvalue weighted by atomic mass is 9.75. The third kappa shape index (κ3) is 5.62. The fourth-order valence-corrected chi connectivity index (χ4v) is 5.82. The first-order valence-electron chi connectivity index (χ1n) is 12.4. The number of nitrogens with zero attached hydrogens (tertiary/aromatic N) is 4. The lowest BCUT2D eigenvalue weighted by Crippen LogP contribution is -2.59. The number of piperazine rings is 1. The van der Waals surface area contributed by atoms with Crippen molar-refractivity contribution in [3.63, 3.8) is 0 Å². The van der Waals surface area contributed by atoms with Crippen LogP contribution >= 0.6 is 0 Å². The van der Waals surface area contributed by atoms with Crippen LogP contribution in [-0.4, -0.2) is 79.1 Å². The summed E-state index contributed by atoms with van der Waals surface area (Å²) in [5.74, 6) is 2.04. The molecule has 1 aromatic carbocycles. The summed E-state index contributed by atoms with van der Waals surface area (Å²) in [6.07, 6.45) is -0.294. The minimum atomic E-state index is -4.40. The van der Waals surface area contributed by atoms with Gasteiger partial charge in [0.15, 0.2) is 0 Å². The number of nitrogens with one attached hydrogen (secondary N) is 1. The van der Waals surface area contributed by atoms with Gasteiger partial charge in [0, 0.05) is 63.6 Å². The number of alkyl halides is 3. The zero-order valence-electron chi connectivity index (χ0n) is 19.8. The predicted octanol–water partition coefficient (Wildman–Crippen LogP) is 3.36. The maximum Gasteiger partial charge on any atom is 0.416 e. The molecule has 4 fully saturated rings. The monoisotopic (exact) mass is 487 g/mol. The Hall–Kier alpha value is -2.65. The van der Waals surface area contributed by atoms with Crippen molar-refractivity contribution in [3.8, 4) is 0 Å². The number of benzene rings is 1. The molecule has 35 heavy (non-hydrogen) atoms. The molecule has 9 heteroatoms. The highest BCUT2D eigenvalue weighted by atomic mass is 19.4. The Bertz CT molecular complexity index is 992. The van der Waals surface area contributed by atoms with Gasteiger partial charge in [-0.05, 0) is 67.6 Å². The van der Waals surface area contributed by atoms with E-state index in [4.69, 9.17) is 0 Å². The molecule has 6 rings (SSSR count). The van der Waals surface area contributed by atoms with Gasteiger partial charge < -0.3 is 10.2 Å². The van der Waals surface area contributed by atoms with Crippen LogP contribution < -0.4 is 10.2 Å². The number of pyridine rings is 1. The topological polar surface area (TPSA) is 51.7 Å². The van der Waals surface area contributed by atoms with Crippen LogP contribution in [0.5, 0.6) is 0 Å². The molecule has 4 atom stereocenters. The zero-order chi connectivity index (χ0) is 24.4. The van der Waals surface area contributed by atoms with Gasteiger partial charge in [-0.3, -0.25) is 14.6 Å². The van der Waals surface area contributed by atoms with Crippen molar-refractivity contribution in [3.05, 3.63) is 59.8 Å². The standard InChI is InChI=1S/C26H32F3N5O/c27-26(28,29)22-6-4-19(5-7-22)25(35)31-16-23-15-20-8-10-34(23)18-21(20)17-32-11-13-33(14-12-32)24-3-1-2-9-30-24/h1-7,9,20-21,23H,8,10-18H2,(H,31,35)/t20-,21+,23+/m0/s1. The highest BCUT2D eigenvalue weighted by molar-refractivity contribution is 5.94. The van der Waals surface area contributed by atoms with Crippen LogP contribution in [-0.2, 0) is 6.18 Å². The van der Waals surface area contributed by atoms with Crippen LogP contribution in [0, 0.1) is 11.8 Å². The summed E-state index contributed by atoms with van der Waals surface area (Å²) < 4.78 is 38.3. The third-order valence-corrected chi connectivity index (χ3v) is 7.82. The maximum atomic E-state index is 12.8. The summed E-state index contributed by atoms with van der Waals surface area (Å²) >= 11 is 0. The molecule has 4 aliphatic rings. The number of aromatic nitrogens is 1. The average Bonchev–Trinajstić information content (AvgIpc) is 2.88. The van der Waals surface area contributed by atoms with Crippen molar-refractivity contribution < 1.29 is 18.0 Å².